The van der Waals surface area contributed by atoms with Gasteiger partial charge in [-0.1, -0.05) is 0 Å². The van der Waals surface area contributed by atoms with Crippen molar-refractivity contribution >= 4 is 22.7 Å². The molecule has 1 saturated heterocycles. The Hall–Kier alpha value is -3.07. The SMILES string of the molecule is CCn1c(C2CC2)nc2c(N3CCOC[C@@H]3C)nc(-c3ccc([N+](=O)[O-])cc3)nc21. The number of aryl methyl sites for hydroxylation is 1. The molecule has 0 N–H and O–H groups in total. The first-order valence-electron chi connectivity index (χ1n) is 10.4. The zero-order chi connectivity index (χ0) is 20.8. The maximum Gasteiger partial charge on any atom is 0.269 e. The molecular formula is C21H24N6O3. The average Bonchev–Trinajstić information content (AvgIpc) is 3.54. The van der Waals surface area contributed by atoms with Gasteiger partial charge in [0.2, 0.25) is 0 Å². The Balaban J connectivity index is 1.70. The first-order chi connectivity index (χ1) is 14.6. The van der Waals surface area contributed by atoms with Crippen molar-refractivity contribution in [3.05, 3.63) is 40.2 Å². The average molecular weight is 408 g/mol. The predicted molar refractivity (Wildman–Crippen MR) is 113 cm³/mol. The Bertz CT molecular complexity index is 1110. The fraction of sp³-hybridized carbons (Fsp3) is 0.476. The van der Waals surface area contributed by atoms with Crippen LogP contribution in [0.1, 0.15) is 38.4 Å². The molecule has 1 aliphatic heterocycles. The topological polar surface area (TPSA) is 99.2 Å². The summed E-state index contributed by atoms with van der Waals surface area (Å²) < 4.78 is 7.81. The summed E-state index contributed by atoms with van der Waals surface area (Å²) in [5, 5.41) is 11.0. The van der Waals surface area contributed by atoms with E-state index in [9.17, 15) is 10.1 Å². The summed E-state index contributed by atoms with van der Waals surface area (Å²) in [6.07, 6.45) is 2.32. The highest BCUT2D eigenvalue weighted by atomic mass is 16.6. The third-order valence-electron chi connectivity index (χ3n) is 5.84. The van der Waals surface area contributed by atoms with Crippen molar-refractivity contribution in [2.75, 3.05) is 24.7 Å². The summed E-state index contributed by atoms with van der Waals surface area (Å²) >= 11 is 0. The van der Waals surface area contributed by atoms with E-state index in [-0.39, 0.29) is 11.7 Å². The van der Waals surface area contributed by atoms with Crippen LogP contribution in [-0.2, 0) is 11.3 Å². The van der Waals surface area contributed by atoms with Crippen LogP contribution in [-0.4, -0.2) is 50.2 Å². The second kappa shape index (κ2) is 7.32. The molecule has 2 aromatic heterocycles. The Morgan fingerprint density at radius 1 is 1.20 bits per heavy atom. The Kier molecular flexibility index (Phi) is 4.62. The van der Waals surface area contributed by atoms with Crippen molar-refractivity contribution in [1.29, 1.82) is 0 Å². The molecule has 1 aromatic carbocycles. The van der Waals surface area contributed by atoms with E-state index in [0.717, 1.165) is 54.3 Å². The second-order valence-corrected chi connectivity index (χ2v) is 7.95. The molecule has 30 heavy (non-hydrogen) atoms. The van der Waals surface area contributed by atoms with Gasteiger partial charge in [0.15, 0.2) is 22.8 Å². The number of nitrogens with zero attached hydrogens (tertiary/aromatic N) is 6. The molecule has 3 heterocycles. The van der Waals surface area contributed by atoms with Crippen LogP contribution in [0.4, 0.5) is 11.5 Å². The number of nitro benzene ring substituents is 1. The molecule has 156 valence electrons. The van der Waals surface area contributed by atoms with Crippen LogP contribution in [0.3, 0.4) is 0 Å². The number of hydrogen-bond acceptors (Lipinski definition) is 7. The zero-order valence-electron chi connectivity index (χ0n) is 17.1. The molecule has 5 rings (SSSR count). The lowest BCUT2D eigenvalue weighted by Gasteiger charge is -2.34. The fourth-order valence-corrected chi connectivity index (χ4v) is 4.07. The van der Waals surface area contributed by atoms with Crippen LogP contribution >= 0.6 is 0 Å². The van der Waals surface area contributed by atoms with Gasteiger partial charge in [-0.05, 0) is 38.8 Å². The van der Waals surface area contributed by atoms with Crippen LogP contribution in [0.5, 0.6) is 0 Å². The minimum Gasteiger partial charge on any atom is -0.377 e. The first-order valence-corrected chi connectivity index (χ1v) is 10.4. The zero-order valence-corrected chi connectivity index (χ0v) is 17.1. The Morgan fingerprint density at radius 3 is 2.60 bits per heavy atom. The highest BCUT2D eigenvalue weighted by molar-refractivity contribution is 5.86. The van der Waals surface area contributed by atoms with Crippen molar-refractivity contribution < 1.29 is 9.66 Å². The predicted octanol–water partition coefficient (Wildman–Crippen LogP) is 3.52. The molecule has 0 radical (unpaired) electrons. The lowest BCUT2D eigenvalue weighted by molar-refractivity contribution is -0.384. The maximum atomic E-state index is 11.0. The Labute approximate surface area is 173 Å². The number of nitro groups is 1. The lowest BCUT2D eigenvalue weighted by atomic mass is 10.2. The molecule has 1 saturated carbocycles. The first kappa shape index (κ1) is 18.9. The summed E-state index contributed by atoms with van der Waals surface area (Å²) in [5.41, 5.74) is 2.47. The quantitative estimate of drug-likeness (QED) is 0.470. The molecule has 0 bridgehead atoms. The van der Waals surface area contributed by atoms with Crippen LogP contribution in [0.2, 0.25) is 0 Å². The van der Waals surface area contributed by atoms with Crippen molar-refractivity contribution in [3.8, 4) is 11.4 Å². The number of fused-ring (bicyclic) bond motifs is 1. The smallest absolute Gasteiger partial charge is 0.269 e. The minimum atomic E-state index is -0.400. The van der Waals surface area contributed by atoms with Gasteiger partial charge < -0.3 is 14.2 Å². The van der Waals surface area contributed by atoms with Gasteiger partial charge >= 0.3 is 0 Å². The normalized spacial score (nSPS) is 19.4. The number of hydrogen-bond donors (Lipinski definition) is 0. The van der Waals surface area contributed by atoms with E-state index in [1.54, 1.807) is 12.1 Å². The van der Waals surface area contributed by atoms with Gasteiger partial charge in [0, 0.05) is 36.7 Å². The molecule has 3 aromatic rings. The van der Waals surface area contributed by atoms with E-state index in [0.29, 0.717) is 25.0 Å². The second-order valence-electron chi connectivity index (χ2n) is 7.95. The highest BCUT2D eigenvalue weighted by Gasteiger charge is 2.32. The van der Waals surface area contributed by atoms with Crippen LogP contribution in [0.15, 0.2) is 24.3 Å². The van der Waals surface area contributed by atoms with Gasteiger partial charge in [-0.2, -0.15) is 0 Å². The summed E-state index contributed by atoms with van der Waals surface area (Å²) in [5.74, 6) is 2.96. The number of ether oxygens (including phenoxy) is 1. The maximum absolute atomic E-state index is 11.0. The van der Waals surface area contributed by atoms with Crippen molar-refractivity contribution in [2.24, 2.45) is 0 Å². The largest absolute Gasteiger partial charge is 0.377 e. The highest BCUT2D eigenvalue weighted by Crippen LogP contribution is 2.42. The summed E-state index contributed by atoms with van der Waals surface area (Å²) in [7, 11) is 0. The van der Waals surface area contributed by atoms with Gasteiger partial charge in [0.25, 0.3) is 5.69 Å². The number of non-ortho nitro benzene ring substituents is 1. The Morgan fingerprint density at radius 2 is 1.97 bits per heavy atom. The van der Waals surface area contributed by atoms with Gasteiger partial charge in [0.1, 0.15) is 5.82 Å². The van der Waals surface area contributed by atoms with E-state index in [1.165, 1.54) is 12.1 Å². The molecular weight excluding hydrogens is 384 g/mol. The van der Waals surface area contributed by atoms with Crippen molar-refractivity contribution in [1.82, 2.24) is 19.5 Å². The fourth-order valence-electron chi connectivity index (χ4n) is 4.07. The molecule has 1 aliphatic carbocycles. The van der Waals surface area contributed by atoms with E-state index in [2.05, 4.69) is 23.3 Å². The van der Waals surface area contributed by atoms with Crippen LogP contribution in [0.25, 0.3) is 22.6 Å². The van der Waals surface area contributed by atoms with Crippen LogP contribution in [0, 0.1) is 10.1 Å². The molecule has 0 unspecified atom stereocenters. The molecule has 9 heteroatoms. The van der Waals surface area contributed by atoms with Crippen molar-refractivity contribution in [2.45, 2.75) is 45.2 Å². The van der Waals surface area contributed by atoms with E-state index in [4.69, 9.17) is 19.7 Å². The van der Waals surface area contributed by atoms with Gasteiger partial charge in [-0.15, -0.1) is 0 Å². The van der Waals surface area contributed by atoms with Gasteiger partial charge in [0.05, 0.1) is 24.2 Å². The lowest BCUT2D eigenvalue weighted by Crippen LogP contribution is -2.44. The number of rotatable bonds is 5. The molecule has 0 spiro atoms. The number of anilines is 1. The van der Waals surface area contributed by atoms with Crippen LogP contribution < -0.4 is 4.90 Å². The standard InChI is InChI=1S/C21H24N6O3/c1-3-25-19(15-4-5-15)22-17-20(25)23-18(14-6-8-16(9-7-14)27(28)29)24-21(17)26-10-11-30-12-13(26)2/h6-9,13,15H,3-5,10-12H2,1-2H3/t13-/m0/s1. The third-order valence-corrected chi connectivity index (χ3v) is 5.84. The molecule has 9 nitrogen and oxygen atoms in total. The minimum absolute atomic E-state index is 0.0523. The summed E-state index contributed by atoms with van der Waals surface area (Å²) in [6, 6.07) is 6.58. The van der Waals surface area contributed by atoms with Gasteiger partial charge in [-0.3, -0.25) is 10.1 Å². The third kappa shape index (κ3) is 3.19. The van der Waals surface area contributed by atoms with E-state index < -0.39 is 4.92 Å². The number of imidazole rings is 1. The van der Waals surface area contributed by atoms with E-state index >= 15 is 0 Å². The monoisotopic (exact) mass is 408 g/mol. The molecule has 1 atom stereocenters. The molecule has 0 amide bonds. The van der Waals surface area contributed by atoms with Crippen molar-refractivity contribution in [3.63, 3.8) is 0 Å². The molecule has 2 fully saturated rings. The van der Waals surface area contributed by atoms with Gasteiger partial charge in [-0.25, -0.2) is 15.0 Å². The summed E-state index contributed by atoms with van der Waals surface area (Å²) in [6.45, 7) is 7.05. The number of benzene rings is 1. The van der Waals surface area contributed by atoms with E-state index in [1.807, 2.05) is 0 Å². The number of aromatic nitrogens is 4. The number of morpholine rings is 1. The summed E-state index contributed by atoms with van der Waals surface area (Å²) in [4.78, 5) is 27.6. The molecule has 2 aliphatic rings.